The lowest BCUT2D eigenvalue weighted by Crippen LogP contribution is -2.34. The van der Waals surface area contributed by atoms with Crippen LogP contribution >= 0.6 is 0 Å². The number of amides is 1. The number of aromatic nitrogens is 2. The molecule has 0 aliphatic carbocycles. The summed E-state index contributed by atoms with van der Waals surface area (Å²) in [5.41, 5.74) is 7.39. The average Bonchev–Trinajstić information content (AvgIpc) is 2.81. The van der Waals surface area contributed by atoms with E-state index < -0.39 is 11.6 Å². The summed E-state index contributed by atoms with van der Waals surface area (Å²) >= 11 is 0. The minimum Gasteiger partial charge on any atom is -0.354 e. The summed E-state index contributed by atoms with van der Waals surface area (Å²) in [5.74, 6) is 0. The molecule has 0 saturated carbocycles. The SMILES string of the molecule is Cc1ccc(-c2cc3ccccc3[nH]2)c(=O)n1C(N)=O. The first-order valence-electron chi connectivity index (χ1n) is 6.18. The number of carbonyl (C=O) groups is 1. The highest BCUT2D eigenvalue weighted by Gasteiger charge is 2.13. The Balaban J connectivity index is 2.27. The topological polar surface area (TPSA) is 80.9 Å². The van der Waals surface area contributed by atoms with E-state index in [2.05, 4.69) is 4.98 Å². The molecule has 100 valence electrons. The Hall–Kier alpha value is -2.82. The lowest BCUT2D eigenvalue weighted by molar-refractivity contribution is 0.249. The summed E-state index contributed by atoms with van der Waals surface area (Å²) in [6.45, 7) is 1.67. The molecule has 3 aromatic rings. The fraction of sp³-hybridized carbons (Fsp3) is 0.0667. The van der Waals surface area contributed by atoms with Gasteiger partial charge in [-0.05, 0) is 31.2 Å². The van der Waals surface area contributed by atoms with Crippen molar-refractivity contribution in [2.45, 2.75) is 6.92 Å². The van der Waals surface area contributed by atoms with Crippen molar-refractivity contribution >= 4 is 16.9 Å². The highest BCUT2D eigenvalue weighted by molar-refractivity contribution is 5.86. The highest BCUT2D eigenvalue weighted by Crippen LogP contribution is 2.21. The second-order valence-corrected chi connectivity index (χ2v) is 4.64. The van der Waals surface area contributed by atoms with Crippen LogP contribution in [0.2, 0.25) is 0 Å². The molecule has 20 heavy (non-hydrogen) atoms. The third-order valence-corrected chi connectivity index (χ3v) is 3.32. The number of pyridine rings is 1. The first kappa shape index (κ1) is 12.2. The van der Waals surface area contributed by atoms with Crippen molar-refractivity contribution in [1.82, 2.24) is 9.55 Å². The van der Waals surface area contributed by atoms with Gasteiger partial charge in [0.2, 0.25) is 0 Å². The molecule has 0 aliphatic heterocycles. The number of carbonyl (C=O) groups excluding carboxylic acids is 1. The maximum absolute atomic E-state index is 12.4. The lowest BCUT2D eigenvalue weighted by Gasteiger charge is -2.06. The molecule has 0 bridgehead atoms. The van der Waals surface area contributed by atoms with Crippen molar-refractivity contribution in [2.24, 2.45) is 5.73 Å². The Morgan fingerprint density at radius 2 is 1.95 bits per heavy atom. The van der Waals surface area contributed by atoms with Crippen LogP contribution in [0.15, 0.2) is 47.3 Å². The van der Waals surface area contributed by atoms with Crippen LogP contribution in [0.3, 0.4) is 0 Å². The first-order chi connectivity index (χ1) is 9.58. The molecule has 5 nitrogen and oxygen atoms in total. The maximum Gasteiger partial charge on any atom is 0.326 e. The smallest absolute Gasteiger partial charge is 0.326 e. The molecule has 3 rings (SSSR count). The molecule has 1 amide bonds. The second-order valence-electron chi connectivity index (χ2n) is 4.64. The predicted molar refractivity (Wildman–Crippen MR) is 77.7 cm³/mol. The van der Waals surface area contributed by atoms with Crippen molar-refractivity contribution in [2.75, 3.05) is 0 Å². The highest BCUT2D eigenvalue weighted by atomic mass is 16.2. The maximum atomic E-state index is 12.4. The number of aryl methyl sites for hydroxylation is 1. The van der Waals surface area contributed by atoms with Gasteiger partial charge in [-0.2, -0.15) is 0 Å². The molecule has 0 saturated heterocycles. The van der Waals surface area contributed by atoms with E-state index in [0.717, 1.165) is 15.5 Å². The van der Waals surface area contributed by atoms with Gasteiger partial charge in [-0.15, -0.1) is 0 Å². The number of hydrogen-bond acceptors (Lipinski definition) is 2. The van der Waals surface area contributed by atoms with Crippen LogP contribution in [0.25, 0.3) is 22.2 Å². The number of nitrogens with zero attached hydrogens (tertiary/aromatic N) is 1. The summed E-state index contributed by atoms with van der Waals surface area (Å²) in [6, 6.07) is 12.2. The number of aromatic amines is 1. The van der Waals surface area contributed by atoms with Crippen LogP contribution in [-0.2, 0) is 0 Å². The Bertz CT molecular complexity index is 841. The molecule has 0 aliphatic rings. The van der Waals surface area contributed by atoms with Crippen LogP contribution in [0.5, 0.6) is 0 Å². The van der Waals surface area contributed by atoms with Crippen LogP contribution in [0.4, 0.5) is 4.79 Å². The van der Waals surface area contributed by atoms with Crippen molar-refractivity contribution in [3.63, 3.8) is 0 Å². The zero-order valence-corrected chi connectivity index (χ0v) is 10.9. The monoisotopic (exact) mass is 267 g/mol. The number of rotatable bonds is 1. The molecule has 2 heterocycles. The molecule has 2 aromatic heterocycles. The number of nitrogens with two attached hydrogens (primary N) is 1. The molecule has 3 N–H and O–H groups in total. The van der Waals surface area contributed by atoms with Gasteiger partial charge in [0.05, 0.1) is 11.3 Å². The van der Waals surface area contributed by atoms with Gasteiger partial charge in [0.25, 0.3) is 5.56 Å². The Kier molecular flexibility index (Phi) is 2.68. The normalized spacial score (nSPS) is 10.8. The van der Waals surface area contributed by atoms with E-state index in [4.69, 9.17) is 5.73 Å². The van der Waals surface area contributed by atoms with Crippen LogP contribution in [0.1, 0.15) is 5.69 Å². The molecule has 0 unspecified atom stereocenters. The third kappa shape index (κ3) is 1.80. The Morgan fingerprint density at radius 3 is 2.65 bits per heavy atom. The van der Waals surface area contributed by atoms with E-state index in [-0.39, 0.29) is 0 Å². The second kappa shape index (κ2) is 4.38. The van der Waals surface area contributed by atoms with E-state index in [1.54, 1.807) is 19.1 Å². The van der Waals surface area contributed by atoms with Gasteiger partial charge in [-0.1, -0.05) is 18.2 Å². The molecule has 0 fully saturated rings. The van der Waals surface area contributed by atoms with Crippen LogP contribution in [-0.4, -0.2) is 15.6 Å². The van der Waals surface area contributed by atoms with Gasteiger partial charge >= 0.3 is 6.03 Å². The molecular formula is C15H13N3O2. The first-order valence-corrected chi connectivity index (χ1v) is 6.18. The Labute approximate surface area is 114 Å². The van der Waals surface area contributed by atoms with Gasteiger partial charge in [-0.25, -0.2) is 9.36 Å². The van der Waals surface area contributed by atoms with Gasteiger partial charge in [-0.3, -0.25) is 4.79 Å². The quantitative estimate of drug-likeness (QED) is 0.709. The third-order valence-electron chi connectivity index (χ3n) is 3.32. The minimum atomic E-state index is -0.773. The van der Waals surface area contributed by atoms with E-state index in [0.29, 0.717) is 17.0 Å². The van der Waals surface area contributed by atoms with Crippen molar-refractivity contribution in [1.29, 1.82) is 0 Å². The molecule has 5 heteroatoms. The zero-order chi connectivity index (χ0) is 14.3. The van der Waals surface area contributed by atoms with Gasteiger partial charge < -0.3 is 10.7 Å². The average molecular weight is 267 g/mol. The van der Waals surface area contributed by atoms with Gasteiger partial charge in [0, 0.05) is 16.6 Å². The molecule has 1 aromatic carbocycles. The van der Waals surface area contributed by atoms with Crippen molar-refractivity contribution in [3.8, 4) is 11.3 Å². The largest absolute Gasteiger partial charge is 0.354 e. The number of hydrogen-bond donors (Lipinski definition) is 2. The van der Waals surface area contributed by atoms with E-state index in [1.165, 1.54) is 0 Å². The number of nitrogens with one attached hydrogen (secondary N) is 1. The lowest BCUT2D eigenvalue weighted by atomic mass is 10.1. The van der Waals surface area contributed by atoms with Crippen LogP contribution < -0.4 is 11.3 Å². The van der Waals surface area contributed by atoms with Crippen molar-refractivity contribution < 1.29 is 4.79 Å². The number of primary amides is 1. The van der Waals surface area contributed by atoms with Crippen LogP contribution in [0, 0.1) is 6.92 Å². The summed E-state index contributed by atoms with van der Waals surface area (Å²) in [4.78, 5) is 26.9. The molecule has 0 atom stereocenters. The number of fused-ring (bicyclic) bond motifs is 1. The standard InChI is InChI=1S/C15H13N3O2/c1-9-6-7-11(14(19)18(9)15(16)20)13-8-10-4-2-3-5-12(10)17-13/h2-8,17H,1H3,(H2,16,20). The van der Waals surface area contributed by atoms with E-state index >= 15 is 0 Å². The summed E-state index contributed by atoms with van der Waals surface area (Å²) in [7, 11) is 0. The minimum absolute atomic E-state index is 0.413. The predicted octanol–water partition coefficient (Wildman–Crippen LogP) is 2.23. The van der Waals surface area contributed by atoms with E-state index in [1.807, 2.05) is 30.3 Å². The fourth-order valence-electron chi connectivity index (χ4n) is 2.33. The zero-order valence-electron chi connectivity index (χ0n) is 10.9. The molecular weight excluding hydrogens is 254 g/mol. The molecule has 0 radical (unpaired) electrons. The Morgan fingerprint density at radius 1 is 1.20 bits per heavy atom. The number of benzene rings is 1. The van der Waals surface area contributed by atoms with Gasteiger partial charge in [0.1, 0.15) is 0 Å². The van der Waals surface area contributed by atoms with E-state index in [9.17, 15) is 9.59 Å². The number of para-hydroxylation sites is 1. The fourth-order valence-corrected chi connectivity index (χ4v) is 2.33. The van der Waals surface area contributed by atoms with Crippen molar-refractivity contribution in [3.05, 3.63) is 58.5 Å². The summed E-state index contributed by atoms with van der Waals surface area (Å²) in [6.07, 6.45) is 0. The van der Waals surface area contributed by atoms with Gasteiger partial charge in [0.15, 0.2) is 0 Å². The molecule has 0 spiro atoms. The summed E-state index contributed by atoms with van der Waals surface area (Å²) < 4.78 is 0.973. The summed E-state index contributed by atoms with van der Waals surface area (Å²) in [5, 5.41) is 1.01. The number of H-pyrrole nitrogens is 1.